The second-order valence-electron chi connectivity index (χ2n) is 6.92. The lowest BCUT2D eigenvalue weighted by Gasteiger charge is -2.10. The third-order valence-electron chi connectivity index (χ3n) is 4.75. The molecular formula is C24H20N2O3. The van der Waals surface area contributed by atoms with Crippen LogP contribution in [-0.4, -0.2) is 16.7 Å². The fourth-order valence-corrected chi connectivity index (χ4v) is 3.25. The zero-order valence-electron chi connectivity index (χ0n) is 16.0. The van der Waals surface area contributed by atoms with Gasteiger partial charge in [0.1, 0.15) is 18.2 Å². The summed E-state index contributed by atoms with van der Waals surface area (Å²) < 4.78 is 5.87. The first kappa shape index (κ1) is 18.6. The van der Waals surface area contributed by atoms with Crippen LogP contribution in [0.3, 0.4) is 0 Å². The maximum Gasteiger partial charge on any atom is 0.297 e. The van der Waals surface area contributed by atoms with Gasteiger partial charge in [0, 0.05) is 11.8 Å². The summed E-state index contributed by atoms with van der Waals surface area (Å²) in [6.45, 7) is 2.33. The first-order valence-corrected chi connectivity index (χ1v) is 9.38. The molecule has 1 amide bonds. The fraction of sp³-hybridized carbons (Fsp3) is 0.125. The summed E-state index contributed by atoms with van der Waals surface area (Å²) in [6, 6.07) is 19.1. The van der Waals surface area contributed by atoms with Crippen molar-refractivity contribution < 1.29 is 14.3 Å². The number of ketones is 1. The van der Waals surface area contributed by atoms with Gasteiger partial charge in [0.2, 0.25) is 0 Å². The Bertz CT molecular complexity index is 1100. The van der Waals surface area contributed by atoms with Crippen molar-refractivity contribution in [2.45, 2.75) is 20.0 Å². The van der Waals surface area contributed by atoms with Gasteiger partial charge >= 0.3 is 0 Å². The van der Waals surface area contributed by atoms with Crippen LogP contribution in [0.2, 0.25) is 0 Å². The van der Waals surface area contributed by atoms with Crippen LogP contribution in [0.1, 0.15) is 22.3 Å². The van der Waals surface area contributed by atoms with Crippen LogP contribution in [-0.2, 0) is 22.6 Å². The summed E-state index contributed by atoms with van der Waals surface area (Å²) in [6.07, 6.45) is 4.00. The summed E-state index contributed by atoms with van der Waals surface area (Å²) in [5.74, 6) is -0.249. The lowest BCUT2D eigenvalue weighted by Crippen LogP contribution is -2.24. The summed E-state index contributed by atoms with van der Waals surface area (Å²) in [7, 11) is 0. The minimum Gasteiger partial charge on any atom is -0.489 e. The zero-order chi connectivity index (χ0) is 20.2. The van der Waals surface area contributed by atoms with E-state index >= 15 is 0 Å². The van der Waals surface area contributed by atoms with E-state index in [9.17, 15) is 9.59 Å². The molecule has 0 radical (unpaired) electrons. The number of benzene rings is 2. The van der Waals surface area contributed by atoms with Gasteiger partial charge in [-0.3, -0.25) is 9.59 Å². The van der Waals surface area contributed by atoms with Crippen molar-refractivity contribution in [2.24, 2.45) is 0 Å². The molecular weight excluding hydrogens is 364 g/mol. The molecule has 0 unspecified atom stereocenters. The largest absolute Gasteiger partial charge is 0.489 e. The van der Waals surface area contributed by atoms with E-state index < -0.39 is 11.7 Å². The number of carbonyl (C=O) groups excluding carboxylic acids is 2. The number of nitrogens with zero attached hydrogens (tertiary/aromatic N) is 1. The van der Waals surface area contributed by atoms with Crippen LogP contribution in [0.15, 0.2) is 72.9 Å². The molecule has 1 heterocycles. The molecule has 0 bridgehead atoms. The number of nitrogens with one attached hydrogen (secondary N) is 1. The van der Waals surface area contributed by atoms with E-state index in [2.05, 4.69) is 10.3 Å². The highest BCUT2D eigenvalue weighted by molar-refractivity contribution is 6.56. The van der Waals surface area contributed by atoms with Crippen molar-refractivity contribution in [3.05, 3.63) is 95.2 Å². The zero-order valence-corrected chi connectivity index (χ0v) is 16.0. The number of hydrogen-bond acceptors (Lipinski definition) is 4. The molecule has 1 aliphatic rings. The molecule has 5 nitrogen and oxygen atoms in total. The van der Waals surface area contributed by atoms with Gasteiger partial charge in [0.05, 0.1) is 0 Å². The highest BCUT2D eigenvalue weighted by atomic mass is 16.5. The standard InChI is InChI=1S/C24H20N2O3/c1-16-11-12-25-22(13-16)26-24(28)23(27)20-10-8-18-7-9-19(14-21(18)20)29-15-17-5-3-2-4-6-17/h2-7,9-14H,8,15H2,1H3,(H,25,26,28). The number of hydrogen-bond donors (Lipinski definition) is 1. The van der Waals surface area contributed by atoms with Gasteiger partial charge in [0.15, 0.2) is 0 Å². The molecule has 4 rings (SSSR count). The third-order valence-corrected chi connectivity index (χ3v) is 4.75. The van der Waals surface area contributed by atoms with Gasteiger partial charge in [-0.1, -0.05) is 42.5 Å². The van der Waals surface area contributed by atoms with Crippen molar-refractivity contribution in [3.63, 3.8) is 0 Å². The van der Waals surface area contributed by atoms with Crippen molar-refractivity contribution in [1.82, 2.24) is 4.98 Å². The van der Waals surface area contributed by atoms with E-state index in [1.54, 1.807) is 18.3 Å². The van der Waals surface area contributed by atoms with Crippen molar-refractivity contribution in [2.75, 3.05) is 5.32 Å². The Hall–Kier alpha value is -3.73. The molecule has 2 aromatic carbocycles. The molecule has 1 aliphatic carbocycles. The molecule has 0 aliphatic heterocycles. The minimum atomic E-state index is -0.696. The Kier molecular flexibility index (Phi) is 5.20. The molecule has 1 N–H and O–H groups in total. The van der Waals surface area contributed by atoms with E-state index in [-0.39, 0.29) is 0 Å². The summed E-state index contributed by atoms with van der Waals surface area (Å²) in [5, 5.41) is 2.58. The number of allylic oxidation sites excluding steroid dienone is 1. The Balaban J connectivity index is 1.48. The lowest BCUT2D eigenvalue weighted by atomic mass is 10.0. The predicted octanol–water partition coefficient (Wildman–Crippen LogP) is 4.12. The summed E-state index contributed by atoms with van der Waals surface area (Å²) in [5.41, 5.74) is 4.16. The minimum absolute atomic E-state index is 0.363. The number of aryl methyl sites for hydroxylation is 1. The Morgan fingerprint density at radius 3 is 2.69 bits per heavy atom. The molecule has 1 aromatic heterocycles. The smallest absolute Gasteiger partial charge is 0.297 e. The fourth-order valence-electron chi connectivity index (χ4n) is 3.25. The number of pyridine rings is 1. The molecule has 0 atom stereocenters. The molecule has 0 fully saturated rings. The monoisotopic (exact) mass is 384 g/mol. The quantitative estimate of drug-likeness (QED) is 0.649. The van der Waals surface area contributed by atoms with E-state index in [1.165, 1.54) is 0 Å². The lowest BCUT2D eigenvalue weighted by molar-refractivity contribution is -0.131. The predicted molar refractivity (Wildman–Crippen MR) is 112 cm³/mol. The van der Waals surface area contributed by atoms with Gasteiger partial charge in [0.25, 0.3) is 11.7 Å². The highest BCUT2D eigenvalue weighted by Gasteiger charge is 2.26. The van der Waals surface area contributed by atoms with Gasteiger partial charge < -0.3 is 10.1 Å². The number of carbonyl (C=O) groups is 2. The van der Waals surface area contributed by atoms with Gasteiger partial charge in [-0.05, 0) is 59.9 Å². The van der Waals surface area contributed by atoms with Crippen LogP contribution >= 0.6 is 0 Å². The van der Waals surface area contributed by atoms with E-state index in [0.29, 0.717) is 30.2 Å². The normalized spacial score (nSPS) is 12.1. The Morgan fingerprint density at radius 1 is 1.07 bits per heavy atom. The molecule has 3 aromatic rings. The van der Waals surface area contributed by atoms with Crippen LogP contribution in [0.4, 0.5) is 5.82 Å². The molecule has 0 saturated heterocycles. The molecule has 29 heavy (non-hydrogen) atoms. The molecule has 0 saturated carbocycles. The van der Waals surface area contributed by atoms with Crippen LogP contribution in [0.25, 0.3) is 5.57 Å². The second-order valence-corrected chi connectivity index (χ2v) is 6.92. The number of aromatic nitrogens is 1. The van der Waals surface area contributed by atoms with E-state index in [0.717, 1.165) is 22.3 Å². The van der Waals surface area contributed by atoms with Gasteiger partial charge in [-0.25, -0.2) is 4.98 Å². The average molecular weight is 384 g/mol. The Labute approximate surface area is 169 Å². The first-order chi connectivity index (χ1) is 14.1. The number of Topliss-reactive ketones (excluding diaryl/α,β-unsaturated/α-hetero) is 1. The molecule has 144 valence electrons. The summed E-state index contributed by atoms with van der Waals surface area (Å²) >= 11 is 0. The van der Waals surface area contributed by atoms with E-state index in [4.69, 9.17) is 4.74 Å². The molecule has 0 spiro atoms. The summed E-state index contributed by atoms with van der Waals surface area (Å²) in [4.78, 5) is 29.3. The maximum absolute atomic E-state index is 12.7. The van der Waals surface area contributed by atoms with Gasteiger partial charge in [-0.2, -0.15) is 0 Å². The first-order valence-electron chi connectivity index (χ1n) is 9.38. The topological polar surface area (TPSA) is 68.3 Å². The van der Waals surface area contributed by atoms with Crippen LogP contribution in [0.5, 0.6) is 5.75 Å². The average Bonchev–Trinajstić information content (AvgIpc) is 3.15. The van der Waals surface area contributed by atoms with Crippen LogP contribution < -0.4 is 10.1 Å². The number of ether oxygens (including phenoxy) is 1. The van der Waals surface area contributed by atoms with Crippen LogP contribution in [0, 0.1) is 6.92 Å². The number of fused-ring (bicyclic) bond motifs is 1. The highest BCUT2D eigenvalue weighted by Crippen LogP contribution is 2.32. The number of anilines is 1. The third kappa shape index (κ3) is 4.24. The van der Waals surface area contributed by atoms with Crippen molar-refractivity contribution >= 4 is 23.1 Å². The number of amides is 1. The Morgan fingerprint density at radius 2 is 1.90 bits per heavy atom. The van der Waals surface area contributed by atoms with Crippen molar-refractivity contribution in [3.8, 4) is 5.75 Å². The van der Waals surface area contributed by atoms with Gasteiger partial charge in [-0.15, -0.1) is 0 Å². The maximum atomic E-state index is 12.7. The second kappa shape index (κ2) is 8.10. The SMILES string of the molecule is Cc1ccnc(NC(=O)C(=O)C2=CCc3ccc(OCc4ccccc4)cc32)c1. The van der Waals surface area contributed by atoms with Crippen molar-refractivity contribution in [1.29, 1.82) is 0 Å². The molecule has 5 heteroatoms. The van der Waals surface area contributed by atoms with E-state index in [1.807, 2.05) is 61.5 Å². The number of rotatable bonds is 6.